The van der Waals surface area contributed by atoms with Gasteiger partial charge in [-0.3, -0.25) is 0 Å². The van der Waals surface area contributed by atoms with Gasteiger partial charge in [0.2, 0.25) is 0 Å². The van der Waals surface area contributed by atoms with E-state index in [4.69, 9.17) is 4.98 Å². The molecule has 2 aromatic heterocycles. The van der Waals surface area contributed by atoms with E-state index in [-0.39, 0.29) is 0 Å². The van der Waals surface area contributed by atoms with Crippen LogP contribution in [0.4, 0.5) is 0 Å². The van der Waals surface area contributed by atoms with Gasteiger partial charge in [0.15, 0.2) is 5.65 Å². The van der Waals surface area contributed by atoms with Crippen molar-refractivity contribution in [3.05, 3.63) is 24.2 Å². The van der Waals surface area contributed by atoms with Crippen LogP contribution in [0.3, 0.4) is 0 Å². The van der Waals surface area contributed by atoms with Gasteiger partial charge in [-0.25, -0.2) is 9.97 Å². The standard InChI is InChI=1S/C17H25N5/c1-21-9-5-13(6-10-21)12-22-16(14-4-8-18-11-14)20-15-3-2-7-19-17(15)22/h2-3,7,13-14,18H,4-6,8-12H2,1H3. The number of piperidine rings is 1. The van der Waals surface area contributed by atoms with Crippen molar-refractivity contribution in [3.63, 3.8) is 0 Å². The van der Waals surface area contributed by atoms with Gasteiger partial charge in [-0.05, 0) is 64.0 Å². The molecule has 1 atom stereocenters. The third kappa shape index (κ3) is 2.63. The topological polar surface area (TPSA) is 46.0 Å². The molecule has 5 nitrogen and oxygen atoms in total. The van der Waals surface area contributed by atoms with Crippen LogP contribution in [0.2, 0.25) is 0 Å². The third-order valence-corrected chi connectivity index (χ3v) is 5.24. The average molecular weight is 299 g/mol. The highest BCUT2D eigenvalue weighted by molar-refractivity contribution is 5.71. The summed E-state index contributed by atoms with van der Waals surface area (Å²) in [7, 11) is 2.22. The molecule has 0 radical (unpaired) electrons. The molecule has 118 valence electrons. The Kier molecular flexibility index (Phi) is 3.84. The van der Waals surface area contributed by atoms with Crippen molar-refractivity contribution in [2.24, 2.45) is 5.92 Å². The number of fused-ring (bicyclic) bond motifs is 1. The van der Waals surface area contributed by atoms with E-state index in [0.717, 1.165) is 36.7 Å². The van der Waals surface area contributed by atoms with Gasteiger partial charge in [-0.15, -0.1) is 0 Å². The second kappa shape index (κ2) is 5.97. The Morgan fingerprint density at radius 2 is 2.14 bits per heavy atom. The average Bonchev–Trinajstić information content (AvgIpc) is 3.18. The van der Waals surface area contributed by atoms with Crippen LogP contribution in [0.15, 0.2) is 18.3 Å². The maximum absolute atomic E-state index is 4.93. The van der Waals surface area contributed by atoms with Crippen molar-refractivity contribution < 1.29 is 0 Å². The largest absolute Gasteiger partial charge is 0.316 e. The van der Waals surface area contributed by atoms with Crippen LogP contribution in [-0.4, -0.2) is 52.7 Å². The second-order valence-corrected chi connectivity index (χ2v) is 6.86. The fourth-order valence-electron chi connectivity index (χ4n) is 3.85. The molecule has 1 unspecified atom stereocenters. The highest BCUT2D eigenvalue weighted by Crippen LogP contribution is 2.28. The molecule has 4 heterocycles. The molecule has 0 amide bonds. The summed E-state index contributed by atoms with van der Waals surface area (Å²) in [6.45, 7) is 5.66. The first-order valence-electron chi connectivity index (χ1n) is 8.51. The molecule has 2 aromatic rings. The summed E-state index contributed by atoms with van der Waals surface area (Å²) in [5.41, 5.74) is 2.13. The number of nitrogens with zero attached hydrogens (tertiary/aromatic N) is 4. The van der Waals surface area contributed by atoms with Gasteiger partial charge in [0.05, 0.1) is 0 Å². The predicted molar refractivity (Wildman–Crippen MR) is 88.0 cm³/mol. The first-order valence-corrected chi connectivity index (χ1v) is 8.51. The fraction of sp³-hybridized carbons (Fsp3) is 0.647. The lowest BCUT2D eigenvalue weighted by Gasteiger charge is -2.29. The van der Waals surface area contributed by atoms with Gasteiger partial charge < -0.3 is 14.8 Å². The molecule has 0 aromatic carbocycles. The lowest BCUT2D eigenvalue weighted by molar-refractivity contribution is 0.204. The Bertz CT molecular complexity index is 636. The van der Waals surface area contributed by atoms with E-state index in [1.165, 1.54) is 38.2 Å². The molecule has 0 aliphatic carbocycles. The van der Waals surface area contributed by atoms with E-state index in [1.54, 1.807) is 0 Å². The maximum Gasteiger partial charge on any atom is 0.160 e. The van der Waals surface area contributed by atoms with Crippen molar-refractivity contribution in [3.8, 4) is 0 Å². The number of hydrogen-bond acceptors (Lipinski definition) is 4. The highest BCUT2D eigenvalue weighted by Gasteiger charge is 2.26. The number of hydrogen-bond donors (Lipinski definition) is 1. The summed E-state index contributed by atoms with van der Waals surface area (Å²) in [4.78, 5) is 12.0. The molecule has 22 heavy (non-hydrogen) atoms. The Labute approximate surface area is 131 Å². The number of pyridine rings is 1. The summed E-state index contributed by atoms with van der Waals surface area (Å²) in [5, 5.41) is 3.47. The monoisotopic (exact) mass is 299 g/mol. The van der Waals surface area contributed by atoms with E-state index >= 15 is 0 Å². The second-order valence-electron chi connectivity index (χ2n) is 6.86. The first-order chi connectivity index (χ1) is 10.8. The Balaban J connectivity index is 1.66. The number of rotatable bonds is 3. The molecule has 2 aliphatic heterocycles. The summed E-state index contributed by atoms with van der Waals surface area (Å²) in [6, 6.07) is 4.09. The van der Waals surface area contributed by atoms with E-state index in [1.807, 2.05) is 12.3 Å². The Morgan fingerprint density at radius 1 is 1.27 bits per heavy atom. The summed E-state index contributed by atoms with van der Waals surface area (Å²) >= 11 is 0. The maximum atomic E-state index is 4.93. The van der Waals surface area contributed by atoms with Crippen molar-refractivity contribution >= 4 is 11.2 Å². The van der Waals surface area contributed by atoms with E-state index < -0.39 is 0 Å². The van der Waals surface area contributed by atoms with Crippen molar-refractivity contribution in [1.82, 2.24) is 24.8 Å². The van der Waals surface area contributed by atoms with Crippen LogP contribution in [-0.2, 0) is 6.54 Å². The molecule has 1 N–H and O–H groups in total. The number of nitrogens with one attached hydrogen (secondary N) is 1. The van der Waals surface area contributed by atoms with Crippen LogP contribution in [0.1, 0.15) is 31.0 Å². The van der Waals surface area contributed by atoms with E-state index in [0.29, 0.717) is 5.92 Å². The third-order valence-electron chi connectivity index (χ3n) is 5.24. The molecular formula is C17H25N5. The van der Waals surface area contributed by atoms with Crippen LogP contribution in [0.25, 0.3) is 11.2 Å². The zero-order valence-electron chi connectivity index (χ0n) is 13.3. The molecule has 2 aliphatic rings. The molecule has 4 rings (SSSR count). The van der Waals surface area contributed by atoms with Crippen molar-refractivity contribution in [2.45, 2.75) is 31.7 Å². The molecule has 2 fully saturated rings. The van der Waals surface area contributed by atoms with Gasteiger partial charge >= 0.3 is 0 Å². The van der Waals surface area contributed by atoms with Gasteiger partial charge in [0, 0.05) is 25.2 Å². The lowest BCUT2D eigenvalue weighted by Crippen LogP contribution is -2.32. The van der Waals surface area contributed by atoms with Crippen molar-refractivity contribution in [2.75, 3.05) is 33.2 Å². The van der Waals surface area contributed by atoms with E-state index in [2.05, 4.69) is 32.9 Å². The Hall–Kier alpha value is -1.46. The van der Waals surface area contributed by atoms with Gasteiger partial charge in [0.1, 0.15) is 11.3 Å². The smallest absolute Gasteiger partial charge is 0.160 e. The summed E-state index contributed by atoms with van der Waals surface area (Å²) < 4.78 is 2.42. The van der Waals surface area contributed by atoms with Crippen LogP contribution < -0.4 is 5.32 Å². The minimum atomic E-state index is 0.542. The highest BCUT2D eigenvalue weighted by atomic mass is 15.2. The number of imidazole rings is 1. The fourth-order valence-corrected chi connectivity index (χ4v) is 3.85. The van der Waals surface area contributed by atoms with Gasteiger partial charge in [0.25, 0.3) is 0 Å². The number of likely N-dealkylation sites (tertiary alicyclic amines) is 1. The zero-order valence-corrected chi connectivity index (χ0v) is 13.3. The molecule has 2 saturated heterocycles. The molecule has 0 saturated carbocycles. The van der Waals surface area contributed by atoms with Crippen molar-refractivity contribution in [1.29, 1.82) is 0 Å². The summed E-state index contributed by atoms with van der Waals surface area (Å²) in [5.74, 6) is 2.54. The zero-order chi connectivity index (χ0) is 14.9. The molecule has 5 heteroatoms. The molecule has 0 bridgehead atoms. The van der Waals surface area contributed by atoms with Crippen LogP contribution >= 0.6 is 0 Å². The predicted octanol–water partition coefficient (Wildman–Crippen LogP) is 1.85. The van der Waals surface area contributed by atoms with Crippen LogP contribution in [0.5, 0.6) is 0 Å². The van der Waals surface area contributed by atoms with Gasteiger partial charge in [-0.2, -0.15) is 0 Å². The van der Waals surface area contributed by atoms with E-state index in [9.17, 15) is 0 Å². The molecule has 0 spiro atoms. The SMILES string of the molecule is CN1CCC(Cn2c(C3CCNC3)nc3cccnc32)CC1. The Morgan fingerprint density at radius 3 is 2.91 bits per heavy atom. The minimum Gasteiger partial charge on any atom is -0.316 e. The summed E-state index contributed by atoms with van der Waals surface area (Å²) in [6.07, 6.45) is 5.65. The minimum absolute atomic E-state index is 0.542. The lowest BCUT2D eigenvalue weighted by atomic mass is 9.96. The van der Waals surface area contributed by atoms with Crippen LogP contribution in [0, 0.1) is 5.92 Å². The van der Waals surface area contributed by atoms with Gasteiger partial charge in [-0.1, -0.05) is 0 Å². The quantitative estimate of drug-likeness (QED) is 0.939. The molecular weight excluding hydrogens is 274 g/mol. The number of aromatic nitrogens is 3. The normalized spacial score (nSPS) is 24.3. The first kappa shape index (κ1) is 14.2.